The number of hydrogen-bond donors (Lipinski definition) is 0. The molecule has 0 spiro atoms. The van der Waals surface area contributed by atoms with Crippen molar-refractivity contribution in [2.45, 2.75) is 0 Å². The molecule has 5 heteroatoms. The van der Waals surface area contributed by atoms with E-state index >= 15 is 0 Å². The fourth-order valence-corrected chi connectivity index (χ4v) is 0.948. The highest BCUT2D eigenvalue weighted by atomic mass is 16.1. The lowest BCUT2D eigenvalue weighted by Gasteiger charge is -1.96. The van der Waals surface area contributed by atoms with Gasteiger partial charge in [-0.05, 0) is 6.07 Å². The molecule has 0 saturated heterocycles. The van der Waals surface area contributed by atoms with Gasteiger partial charge in [0.25, 0.3) is 0 Å². The molecule has 0 fully saturated rings. The lowest BCUT2D eigenvalue weighted by molar-refractivity contribution is 0.111. The molecule has 2 heterocycles. The minimum atomic E-state index is 0.388. The van der Waals surface area contributed by atoms with Crippen LogP contribution in [0.1, 0.15) is 10.5 Å². The first-order valence-electron chi connectivity index (χ1n) is 3.67. The Bertz CT molecular complexity index is 409. The second-order valence-corrected chi connectivity index (χ2v) is 2.37. The highest BCUT2D eigenvalue weighted by molar-refractivity contribution is 5.71. The Morgan fingerprint density at radius 3 is 2.92 bits per heavy atom. The van der Waals surface area contributed by atoms with E-state index in [1.54, 1.807) is 24.5 Å². The highest BCUT2D eigenvalue weighted by Gasteiger charge is 1.99. The number of nitrogens with zero attached hydrogens (tertiary/aromatic N) is 4. The van der Waals surface area contributed by atoms with Crippen molar-refractivity contribution in [1.82, 2.24) is 19.7 Å². The molecule has 13 heavy (non-hydrogen) atoms. The molecule has 0 radical (unpaired) electrons. The van der Waals surface area contributed by atoms with Crippen LogP contribution in [0.4, 0.5) is 0 Å². The molecule has 2 aromatic rings. The molecule has 0 aliphatic rings. The maximum Gasteiger partial charge on any atom is 0.170 e. The van der Waals surface area contributed by atoms with Crippen molar-refractivity contribution in [3.8, 4) is 5.82 Å². The summed E-state index contributed by atoms with van der Waals surface area (Å²) in [5, 5.41) is 3.96. The van der Waals surface area contributed by atoms with Crippen LogP contribution in [0.2, 0.25) is 0 Å². The third kappa shape index (κ3) is 1.44. The normalized spacial score (nSPS) is 9.85. The summed E-state index contributed by atoms with van der Waals surface area (Å²) in [5.41, 5.74) is 0.388. The van der Waals surface area contributed by atoms with Gasteiger partial charge in [-0.1, -0.05) is 0 Å². The third-order valence-electron chi connectivity index (χ3n) is 1.53. The first-order chi connectivity index (χ1) is 6.40. The second kappa shape index (κ2) is 3.14. The van der Waals surface area contributed by atoms with E-state index in [0.29, 0.717) is 17.8 Å². The number of aldehydes is 1. The molecule has 0 N–H and O–H groups in total. The summed E-state index contributed by atoms with van der Waals surface area (Å²) in [6, 6.07) is 3.33. The van der Waals surface area contributed by atoms with E-state index in [0.717, 1.165) is 0 Å². The van der Waals surface area contributed by atoms with E-state index in [1.165, 1.54) is 11.0 Å². The van der Waals surface area contributed by atoms with Gasteiger partial charge >= 0.3 is 0 Å². The predicted molar refractivity (Wildman–Crippen MR) is 44.5 cm³/mol. The van der Waals surface area contributed by atoms with Crippen LogP contribution in [0.5, 0.6) is 0 Å². The summed E-state index contributed by atoms with van der Waals surface area (Å²) in [4.78, 5) is 18.1. The SMILES string of the molecule is O=Cc1ccn(-c2ccncn2)n1. The minimum absolute atomic E-state index is 0.388. The quantitative estimate of drug-likeness (QED) is 0.621. The van der Waals surface area contributed by atoms with Crippen LogP contribution < -0.4 is 0 Å². The molecule has 64 valence electrons. The molecule has 2 rings (SSSR count). The van der Waals surface area contributed by atoms with Crippen molar-refractivity contribution < 1.29 is 4.79 Å². The average molecular weight is 174 g/mol. The van der Waals surface area contributed by atoms with Gasteiger partial charge in [-0.3, -0.25) is 4.79 Å². The lowest BCUT2D eigenvalue weighted by atomic mass is 10.5. The fraction of sp³-hybridized carbons (Fsp3) is 0. The van der Waals surface area contributed by atoms with Crippen molar-refractivity contribution in [1.29, 1.82) is 0 Å². The zero-order valence-corrected chi connectivity index (χ0v) is 6.66. The van der Waals surface area contributed by atoms with E-state index in [-0.39, 0.29) is 0 Å². The standard InChI is InChI=1S/C8H6N4O/c13-5-7-2-4-12(11-7)8-1-3-9-6-10-8/h1-6H. The third-order valence-corrected chi connectivity index (χ3v) is 1.53. The molecule has 0 amide bonds. The molecule has 0 atom stereocenters. The monoisotopic (exact) mass is 174 g/mol. The molecular weight excluding hydrogens is 168 g/mol. The molecule has 0 bridgehead atoms. The largest absolute Gasteiger partial charge is 0.296 e. The number of carbonyl (C=O) groups excluding carboxylic acids is 1. The topological polar surface area (TPSA) is 60.7 Å². The molecular formula is C8H6N4O. The van der Waals surface area contributed by atoms with Crippen LogP contribution in [-0.4, -0.2) is 26.0 Å². The molecule has 0 aliphatic carbocycles. The maximum atomic E-state index is 10.3. The summed E-state index contributed by atoms with van der Waals surface area (Å²) >= 11 is 0. The average Bonchev–Trinajstić information content (AvgIpc) is 2.67. The fourth-order valence-electron chi connectivity index (χ4n) is 0.948. The van der Waals surface area contributed by atoms with Crippen LogP contribution in [0.3, 0.4) is 0 Å². The van der Waals surface area contributed by atoms with Crippen LogP contribution in [0, 0.1) is 0 Å². The Hall–Kier alpha value is -2.04. The van der Waals surface area contributed by atoms with E-state index in [9.17, 15) is 4.79 Å². The summed E-state index contributed by atoms with van der Waals surface area (Å²) in [7, 11) is 0. The van der Waals surface area contributed by atoms with Gasteiger partial charge in [-0.2, -0.15) is 5.10 Å². The Morgan fingerprint density at radius 2 is 2.31 bits per heavy atom. The van der Waals surface area contributed by atoms with Gasteiger partial charge in [-0.15, -0.1) is 0 Å². The molecule has 0 aliphatic heterocycles. The van der Waals surface area contributed by atoms with Gasteiger partial charge in [0.05, 0.1) is 0 Å². The number of hydrogen-bond acceptors (Lipinski definition) is 4. The minimum Gasteiger partial charge on any atom is -0.296 e. The van der Waals surface area contributed by atoms with E-state index < -0.39 is 0 Å². The van der Waals surface area contributed by atoms with Gasteiger partial charge in [0, 0.05) is 18.5 Å². The van der Waals surface area contributed by atoms with Crippen molar-refractivity contribution in [3.63, 3.8) is 0 Å². The van der Waals surface area contributed by atoms with Crippen molar-refractivity contribution in [2.75, 3.05) is 0 Å². The molecule has 0 saturated carbocycles. The maximum absolute atomic E-state index is 10.3. The van der Waals surface area contributed by atoms with Crippen molar-refractivity contribution in [2.24, 2.45) is 0 Å². The molecule has 2 aromatic heterocycles. The molecule has 0 aromatic carbocycles. The van der Waals surface area contributed by atoms with Gasteiger partial charge in [0.1, 0.15) is 12.0 Å². The molecule has 0 unspecified atom stereocenters. The van der Waals surface area contributed by atoms with Crippen molar-refractivity contribution in [3.05, 3.63) is 36.5 Å². The number of carbonyl (C=O) groups is 1. The zero-order valence-electron chi connectivity index (χ0n) is 6.66. The van der Waals surface area contributed by atoms with Crippen LogP contribution in [0.15, 0.2) is 30.9 Å². The summed E-state index contributed by atoms with van der Waals surface area (Å²) < 4.78 is 1.52. The first kappa shape index (κ1) is 7.60. The molecule has 5 nitrogen and oxygen atoms in total. The van der Waals surface area contributed by atoms with Crippen molar-refractivity contribution >= 4 is 6.29 Å². The van der Waals surface area contributed by atoms with E-state index in [2.05, 4.69) is 15.1 Å². The van der Waals surface area contributed by atoms with Gasteiger partial charge in [0.2, 0.25) is 0 Å². The number of rotatable bonds is 2. The summed E-state index contributed by atoms with van der Waals surface area (Å²) in [6.07, 6.45) is 5.41. The highest BCUT2D eigenvalue weighted by Crippen LogP contribution is 2.00. The summed E-state index contributed by atoms with van der Waals surface area (Å²) in [5.74, 6) is 0.642. The van der Waals surface area contributed by atoms with E-state index in [4.69, 9.17) is 0 Å². The summed E-state index contributed by atoms with van der Waals surface area (Å²) in [6.45, 7) is 0. The Labute approximate surface area is 74.1 Å². The van der Waals surface area contributed by atoms with E-state index in [1.807, 2.05) is 0 Å². The zero-order chi connectivity index (χ0) is 9.10. The van der Waals surface area contributed by atoms with Gasteiger partial charge in [0.15, 0.2) is 12.1 Å². The number of aromatic nitrogens is 4. The first-order valence-corrected chi connectivity index (χ1v) is 3.67. The van der Waals surface area contributed by atoms with Gasteiger partial charge < -0.3 is 0 Å². The smallest absolute Gasteiger partial charge is 0.170 e. The Balaban J connectivity index is 2.41. The van der Waals surface area contributed by atoms with Crippen LogP contribution in [0.25, 0.3) is 5.82 Å². The Morgan fingerprint density at radius 1 is 1.38 bits per heavy atom. The van der Waals surface area contributed by atoms with Crippen LogP contribution >= 0.6 is 0 Å². The lowest BCUT2D eigenvalue weighted by Crippen LogP contribution is -1.98. The second-order valence-electron chi connectivity index (χ2n) is 2.37. The predicted octanol–water partition coefficient (Wildman–Crippen LogP) is 0.475. The Kier molecular flexibility index (Phi) is 1.84. The van der Waals surface area contributed by atoms with Gasteiger partial charge in [-0.25, -0.2) is 14.6 Å². The van der Waals surface area contributed by atoms with Crippen LogP contribution in [-0.2, 0) is 0 Å².